The van der Waals surface area contributed by atoms with Crippen LogP contribution < -0.4 is 32.3 Å². The van der Waals surface area contributed by atoms with Gasteiger partial charge in [0.1, 0.15) is 6.61 Å². The molecule has 0 saturated carbocycles. The van der Waals surface area contributed by atoms with Gasteiger partial charge >= 0.3 is 5.97 Å². The number of benzene rings is 1. The number of carboxylic acid groups (broad SMARTS) is 1. The Hall–Kier alpha value is -3.43. The second-order valence-corrected chi connectivity index (χ2v) is 14.8. The van der Waals surface area contributed by atoms with E-state index in [-0.39, 0.29) is 56.2 Å². The summed E-state index contributed by atoms with van der Waals surface area (Å²) in [5, 5.41) is 24.0. The number of unbranched alkanes of at least 4 members (excludes halogenated alkanes) is 1. The fraction of sp³-hybridized carbons (Fsp3) is 0.703. The highest BCUT2D eigenvalue weighted by Gasteiger charge is 2.44. The number of carbonyl (C=O) groups excluding carboxylic acids is 4. The summed E-state index contributed by atoms with van der Waals surface area (Å²) in [5.74, 6) is -1.39. The standard InChI is InChI=1S/C24H45N3O7.C13H21N3O/c1-21(2,16-22(3,4)20(31)32)19(30)24(7,8)26-10-11-33-12-13-34-15-17(28)23(5,6)27-14-18(29)25-9;1-2-3-9-16-13(17)11-4-6-12(7-5-11)15-10-8-14/h26-27H,10-16H2,1-9H3,(H,25,29)(H,31,32);4-7,15H,2-3,8-10,14H2,1H3,(H,16,17). The van der Waals surface area contributed by atoms with Crippen molar-refractivity contribution in [2.45, 2.75) is 92.7 Å². The summed E-state index contributed by atoms with van der Waals surface area (Å²) in [6.07, 6.45) is 2.33. The van der Waals surface area contributed by atoms with E-state index < -0.39 is 27.9 Å². The maximum atomic E-state index is 13.1. The van der Waals surface area contributed by atoms with Crippen LogP contribution >= 0.6 is 0 Å². The van der Waals surface area contributed by atoms with Crippen LogP contribution in [-0.4, -0.2) is 112 Å². The number of rotatable bonds is 25. The van der Waals surface area contributed by atoms with E-state index in [9.17, 15) is 29.1 Å². The Balaban J connectivity index is 0.00000122. The van der Waals surface area contributed by atoms with Crippen molar-refractivity contribution in [1.82, 2.24) is 21.3 Å². The minimum atomic E-state index is -1.00. The molecule has 0 saturated heterocycles. The Morgan fingerprint density at radius 1 is 0.784 bits per heavy atom. The molecule has 0 spiro atoms. The van der Waals surface area contributed by atoms with Gasteiger partial charge in [-0.1, -0.05) is 27.2 Å². The lowest BCUT2D eigenvalue weighted by atomic mass is 9.69. The molecule has 1 rings (SSSR count). The van der Waals surface area contributed by atoms with Crippen molar-refractivity contribution in [1.29, 1.82) is 0 Å². The van der Waals surface area contributed by atoms with Crippen molar-refractivity contribution in [3.63, 3.8) is 0 Å². The van der Waals surface area contributed by atoms with Gasteiger partial charge in [-0.2, -0.15) is 0 Å². The third kappa shape index (κ3) is 19.1. The van der Waals surface area contributed by atoms with E-state index in [0.717, 1.165) is 31.6 Å². The second-order valence-electron chi connectivity index (χ2n) is 14.8. The fourth-order valence-electron chi connectivity index (χ4n) is 5.11. The first-order chi connectivity index (χ1) is 23.7. The summed E-state index contributed by atoms with van der Waals surface area (Å²) < 4.78 is 10.9. The molecule has 1 aromatic carbocycles. The summed E-state index contributed by atoms with van der Waals surface area (Å²) >= 11 is 0. The topological polar surface area (TPSA) is 210 Å². The van der Waals surface area contributed by atoms with Crippen LogP contribution in [0.25, 0.3) is 0 Å². The number of amides is 2. The largest absolute Gasteiger partial charge is 0.481 e. The number of Topliss-reactive ketones (excluding diaryl/α,β-unsaturated/α-hetero) is 2. The number of aliphatic carboxylic acids is 1. The molecule has 0 heterocycles. The molecule has 0 bridgehead atoms. The number of carboxylic acids is 1. The smallest absolute Gasteiger partial charge is 0.309 e. The highest BCUT2D eigenvalue weighted by atomic mass is 16.5. The molecule has 0 aliphatic carbocycles. The Bertz CT molecular complexity index is 1230. The molecule has 0 aromatic heterocycles. The van der Waals surface area contributed by atoms with E-state index in [4.69, 9.17) is 15.2 Å². The van der Waals surface area contributed by atoms with Gasteiger partial charge in [0.25, 0.3) is 5.91 Å². The first-order valence-electron chi connectivity index (χ1n) is 17.7. The number of hydrogen-bond donors (Lipinski definition) is 7. The molecule has 292 valence electrons. The molecule has 0 atom stereocenters. The highest BCUT2D eigenvalue weighted by molar-refractivity contribution is 5.94. The predicted octanol–water partition coefficient (Wildman–Crippen LogP) is 2.75. The lowest BCUT2D eigenvalue weighted by molar-refractivity contribution is -0.150. The number of nitrogens with two attached hydrogens (primary N) is 1. The summed E-state index contributed by atoms with van der Waals surface area (Å²) in [4.78, 5) is 59.8. The van der Waals surface area contributed by atoms with Crippen molar-refractivity contribution in [2.75, 3.05) is 71.5 Å². The van der Waals surface area contributed by atoms with Crippen LogP contribution in [0.4, 0.5) is 5.69 Å². The second kappa shape index (κ2) is 23.2. The van der Waals surface area contributed by atoms with Gasteiger partial charge in [0.2, 0.25) is 5.91 Å². The Labute approximate surface area is 305 Å². The summed E-state index contributed by atoms with van der Waals surface area (Å²) in [6.45, 7) is 19.1. The van der Waals surface area contributed by atoms with Crippen molar-refractivity contribution in [3.8, 4) is 0 Å². The predicted molar refractivity (Wildman–Crippen MR) is 201 cm³/mol. The van der Waals surface area contributed by atoms with Crippen LogP contribution in [0.2, 0.25) is 0 Å². The molecule has 8 N–H and O–H groups in total. The number of likely N-dealkylation sites (N-methyl/N-ethyl adjacent to an activating group) is 1. The molecular weight excluding hydrogens is 656 g/mol. The molecule has 14 nitrogen and oxygen atoms in total. The van der Waals surface area contributed by atoms with E-state index in [2.05, 4.69) is 33.5 Å². The SMILES string of the molecule is CCCCNC(=O)c1ccc(NCCN)cc1.CNC(=O)CNC(C)(C)C(=O)COCCOCCNC(C)(C)C(=O)C(C)(C)CC(C)(C)C(=O)O. The summed E-state index contributed by atoms with van der Waals surface area (Å²) in [5.41, 5.74) is 3.52. The number of hydrogen-bond acceptors (Lipinski definition) is 11. The van der Waals surface area contributed by atoms with Crippen LogP contribution in [-0.2, 0) is 28.7 Å². The zero-order valence-electron chi connectivity index (χ0n) is 32.7. The first-order valence-corrected chi connectivity index (χ1v) is 17.7. The normalized spacial score (nSPS) is 12.0. The average molecular weight is 723 g/mol. The van der Waals surface area contributed by atoms with Crippen LogP contribution in [0.5, 0.6) is 0 Å². The maximum Gasteiger partial charge on any atom is 0.309 e. The van der Waals surface area contributed by atoms with E-state index in [0.29, 0.717) is 25.3 Å². The fourth-order valence-corrected chi connectivity index (χ4v) is 5.11. The van der Waals surface area contributed by atoms with Gasteiger partial charge in [0.15, 0.2) is 11.6 Å². The average Bonchev–Trinajstić information content (AvgIpc) is 3.06. The van der Waals surface area contributed by atoms with Gasteiger partial charge in [-0.05, 0) is 78.6 Å². The van der Waals surface area contributed by atoms with Gasteiger partial charge in [-0.3, -0.25) is 29.3 Å². The molecule has 2 amide bonds. The summed E-state index contributed by atoms with van der Waals surface area (Å²) in [6, 6.07) is 7.43. The van der Waals surface area contributed by atoms with Crippen LogP contribution in [0.1, 0.15) is 91.9 Å². The molecule has 51 heavy (non-hydrogen) atoms. The van der Waals surface area contributed by atoms with Crippen LogP contribution in [0.3, 0.4) is 0 Å². The van der Waals surface area contributed by atoms with E-state index in [1.807, 2.05) is 24.3 Å². The molecular formula is C37H66N6O8. The molecule has 0 radical (unpaired) electrons. The third-order valence-electron chi connectivity index (χ3n) is 8.17. The van der Waals surface area contributed by atoms with Gasteiger partial charge < -0.3 is 41.6 Å². The third-order valence-corrected chi connectivity index (χ3v) is 8.17. The number of ether oxygens (including phenoxy) is 2. The molecule has 0 aliphatic rings. The summed E-state index contributed by atoms with van der Waals surface area (Å²) in [7, 11) is 1.53. The number of ketones is 2. The lowest BCUT2D eigenvalue weighted by Gasteiger charge is -2.37. The Kier molecular flexibility index (Phi) is 21.6. The molecule has 14 heteroatoms. The highest BCUT2D eigenvalue weighted by Crippen LogP contribution is 2.37. The van der Waals surface area contributed by atoms with Crippen molar-refractivity contribution >= 4 is 35.0 Å². The van der Waals surface area contributed by atoms with Gasteiger partial charge in [-0.15, -0.1) is 0 Å². The van der Waals surface area contributed by atoms with E-state index >= 15 is 0 Å². The number of nitrogens with one attached hydrogen (secondary N) is 5. The van der Waals surface area contributed by atoms with Gasteiger partial charge in [0, 0.05) is 49.9 Å². The molecule has 0 aliphatic heterocycles. The number of anilines is 1. The Morgan fingerprint density at radius 2 is 1.39 bits per heavy atom. The lowest BCUT2D eigenvalue weighted by Crippen LogP contribution is -2.54. The molecule has 0 fully saturated rings. The van der Waals surface area contributed by atoms with E-state index in [1.54, 1.807) is 55.4 Å². The van der Waals surface area contributed by atoms with Crippen molar-refractivity contribution in [3.05, 3.63) is 29.8 Å². The quantitative estimate of drug-likeness (QED) is 0.0727. The van der Waals surface area contributed by atoms with E-state index in [1.165, 1.54) is 7.05 Å². The van der Waals surface area contributed by atoms with Gasteiger partial charge in [-0.25, -0.2) is 0 Å². The minimum Gasteiger partial charge on any atom is -0.481 e. The molecule has 0 unspecified atom stereocenters. The zero-order valence-corrected chi connectivity index (χ0v) is 32.7. The monoisotopic (exact) mass is 722 g/mol. The van der Waals surface area contributed by atoms with Gasteiger partial charge in [0.05, 0.1) is 42.9 Å². The first kappa shape index (κ1) is 47.6. The zero-order chi connectivity index (χ0) is 39.3. The minimum absolute atomic E-state index is 0.0103. The van der Waals surface area contributed by atoms with Crippen molar-refractivity contribution < 1.29 is 38.6 Å². The molecule has 1 aromatic rings. The maximum absolute atomic E-state index is 13.1. The van der Waals surface area contributed by atoms with Crippen LogP contribution in [0, 0.1) is 10.8 Å². The number of carbonyl (C=O) groups is 5. The van der Waals surface area contributed by atoms with Crippen LogP contribution in [0.15, 0.2) is 24.3 Å². The Morgan fingerprint density at radius 3 is 1.94 bits per heavy atom. The van der Waals surface area contributed by atoms with Crippen molar-refractivity contribution in [2.24, 2.45) is 16.6 Å².